The number of nitrogens with zero attached hydrogens (tertiary/aromatic N) is 2. The number of nitrogens with one attached hydrogen (secondary N) is 1. The van der Waals surface area contributed by atoms with Gasteiger partial charge in [0.15, 0.2) is 0 Å². The topological polar surface area (TPSA) is 65.4 Å². The number of carbonyl (C=O) groups is 1. The van der Waals surface area contributed by atoms with Crippen molar-refractivity contribution in [2.75, 3.05) is 19.5 Å². The van der Waals surface area contributed by atoms with Gasteiger partial charge in [0, 0.05) is 11.8 Å². The zero-order chi connectivity index (χ0) is 20.9. The van der Waals surface area contributed by atoms with Crippen molar-refractivity contribution in [1.82, 2.24) is 9.78 Å². The quantitative estimate of drug-likeness (QED) is 0.505. The van der Waals surface area contributed by atoms with E-state index in [0.717, 1.165) is 17.0 Å². The minimum absolute atomic E-state index is 0.271. The van der Waals surface area contributed by atoms with Crippen LogP contribution in [0, 0.1) is 0 Å². The number of carbonyl (C=O) groups excluding carboxylic acids is 1. The zero-order valence-corrected chi connectivity index (χ0v) is 16.7. The van der Waals surface area contributed by atoms with Crippen molar-refractivity contribution in [3.8, 4) is 28.4 Å². The zero-order valence-electron chi connectivity index (χ0n) is 16.7. The van der Waals surface area contributed by atoms with E-state index < -0.39 is 0 Å². The second-order valence-electron chi connectivity index (χ2n) is 6.55. The Balaban J connectivity index is 1.76. The van der Waals surface area contributed by atoms with E-state index in [4.69, 9.17) is 14.6 Å². The minimum Gasteiger partial charge on any atom is -0.497 e. The number of aromatic nitrogens is 2. The average molecular weight is 399 g/mol. The minimum atomic E-state index is -0.271. The molecule has 0 saturated heterocycles. The maximum atomic E-state index is 13.2. The molecule has 0 aliphatic heterocycles. The molecule has 1 heterocycles. The highest BCUT2D eigenvalue weighted by Gasteiger charge is 2.20. The van der Waals surface area contributed by atoms with Gasteiger partial charge in [-0.3, -0.25) is 4.79 Å². The summed E-state index contributed by atoms with van der Waals surface area (Å²) in [5, 5.41) is 7.63. The van der Waals surface area contributed by atoms with E-state index >= 15 is 0 Å². The predicted molar refractivity (Wildman–Crippen MR) is 116 cm³/mol. The number of rotatable bonds is 6. The van der Waals surface area contributed by atoms with Gasteiger partial charge in [-0.1, -0.05) is 30.3 Å². The van der Waals surface area contributed by atoms with Gasteiger partial charge in [-0.15, -0.1) is 0 Å². The Labute approximate surface area is 174 Å². The van der Waals surface area contributed by atoms with Crippen LogP contribution in [0.4, 0.5) is 5.69 Å². The summed E-state index contributed by atoms with van der Waals surface area (Å²) >= 11 is 0. The first kappa shape index (κ1) is 19.3. The number of para-hydroxylation sites is 3. The smallest absolute Gasteiger partial charge is 0.259 e. The van der Waals surface area contributed by atoms with E-state index in [1.54, 1.807) is 37.2 Å². The van der Waals surface area contributed by atoms with E-state index in [9.17, 15) is 4.79 Å². The molecule has 0 fully saturated rings. The third kappa shape index (κ3) is 3.89. The van der Waals surface area contributed by atoms with Gasteiger partial charge >= 0.3 is 0 Å². The fourth-order valence-corrected chi connectivity index (χ4v) is 3.15. The van der Waals surface area contributed by atoms with E-state index in [-0.39, 0.29) is 5.91 Å². The fourth-order valence-electron chi connectivity index (χ4n) is 3.15. The molecule has 150 valence electrons. The van der Waals surface area contributed by atoms with Crippen molar-refractivity contribution >= 4 is 11.6 Å². The van der Waals surface area contributed by atoms with Crippen LogP contribution in [0.25, 0.3) is 16.9 Å². The third-order valence-electron chi connectivity index (χ3n) is 4.70. The van der Waals surface area contributed by atoms with Crippen molar-refractivity contribution in [2.24, 2.45) is 0 Å². The van der Waals surface area contributed by atoms with Crippen molar-refractivity contribution in [3.05, 3.63) is 90.6 Å². The molecule has 0 spiro atoms. The van der Waals surface area contributed by atoms with Crippen molar-refractivity contribution in [3.63, 3.8) is 0 Å². The number of ether oxygens (including phenoxy) is 2. The van der Waals surface area contributed by atoms with Gasteiger partial charge in [-0.25, -0.2) is 4.68 Å². The van der Waals surface area contributed by atoms with Gasteiger partial charge in [0.25, 0.3) is 5.91 Å². The average Bonchev–Trinajstić information content (AvgIpc) is 3.26. The molecule has 4 aromatic rings. The highest BCUT2D eigenvalue weighted by molar-refractivity contribution is 6.08. The largest absolute Gasteiger partial charge is 0.497 e. The second kappa shape index (κ2) is 8.53. The van der Waals surface area contributed by atoms with Gasteiger partial charge in [0.2, 0.25) is 0 Å². The Kier molecular flexibility index (Phi) is 5.48. The highest BCUT2D eigenvalue weighted by Crippen LogP contribution is 2.28. The molecule has 1 amide bonds. The van der Waals surface area contributed by atoms with E-state index in [0.29, 0.717) is 22.7 Å². The van der Waals surface area contributed by atoms with Gasteiger partial charge in [-0.05, 0) is 48.5 Å². The lowest BCUT2D eigenvalue weighted by Gasteiger charge is -2.10. The Morgan fingerprint density at radius 1 is 0.867 bits per heavy atom. The van der Waals surface area contributed by atoms with Gasteiger partial charge in [-0.2, -0.15) is 5.10 Å². The van der Waals surface area contributed by atoms with Crippen molar-refractivity contribution in [1.29, 1.82) is 0 Å². The summed E-state index contributed by atoms with van der Waals surface area (Å²) in [6, 6.07) is 24.4. The van der Waals surface area contributed by atoms with E-state index in [1.165, 1.54) is 0 Å². The molecule has 1 aromatic heterocycles. The molecule has 1 N–H and O–H groups in total. The number of hydrogen-bond acceptors (Lipinski definition) is 4. The molecule has 0 saturated carbocycles. The number of hydrogen-bond donors (Lipinski definition) is 1. The lowest BCUT2D eigenvalue weighted by atomic mass is 10.1. The molecule has 6 nitrogen and oxygen atoms in total. The molecule has 0 bridgehead atoms. The number of anilines is 1. The third-order valence-corrected chi connectivity index (χ3v) is 4.70. The molecular formula is C24H21N3O3. The molecule has 0 atom stereocenters. The van der Waals surface area contributed by atoms with Crippen molar-refractivity contribution < 1.29 is 14.3 Å². The van der Waals surface area contributed by atoms with Crippen LogP contribution in [0.2, 0.25) is 0 Å². The number of methoxy groups -OCH3 is 2. The van der Waals surface area contributed by atoms with Crippen LogP contribution in [0.3, 0.4) is 0 Å². The molecule has 0 radical (unpaired) electrons. The van der Waals surface area contributed by atoms with Crippen LogP contribution >= 0.6 is 0 Å². The summed E-state index contributed by atoms with van der Waals surface area (Å²) in [5.74, 6) is 1.06. The first-order valence-corrected chi connectivity index (χ1v) is 9.43. The standard InChI is InChI=1S/C24H21N3O3/c1-29-19-14-12-17(13-15-19)23-20(16-27(26-23)18-8-4-3-5-9-18)24(28)25-21-10-6-7-11-22(21)30-2/h3-16H,1-2H3,(H,25,28). The molecule has 4 rings (SSSR count). The molecule has 0 unspecified atom stereocenters. The second-order valence-corrected chi connectivity index (χ2v) is 6.55. The first-order chi connectivity index (χ1) is 14.7. The Morgan fingerprint density at radius 2 is 1.57 bits per heavy atom. The lowest BCUT2D eigenvalue weighted by Crippen LogP contribution is -2.13. The maximum absolute atomic E-state index is 13.2. The van der Waals surface area contributed by atoms with Crippen LogP contribution in [0.1, 0.15) is 10.4 Å². The number of amides is 1. The molecular weight excluding hydrogens is 378 g/mol. The summed E-state index contributed by atoms with van der Waals surface area (Å²) in [5.41, 5.74) is 3.31. The normalized spacial score (nSPS) is 10.5. The van der Waals surface area contributed by atoms with Crippen molar-refractivity contribution in [2.45, 2.75) is 0 Å². The van der Waals surface area contributed by atoms with Gasteiger partial charge in [0.05, 0.1) is 31.2 Å². The number of benzene rings is 3. The summed E-state index contributed by atoms with van der Waals surface area (Å²) in [6.07, 6.45) is 1.74. The van der Waals surface area contributed by atoms with Crippen LogP contribution in [0.5, 0.6) is 11.5 Å². The SMILES string of the molecule is COc1ccc(-c2nn(-c3ccccc3)cc2C(=O)Nc2ccccc2OC)cc1. The van der Waals surface area contributed by atoms with Crippen LogP contribution in [0.15, 0.2) is 85.1 Å². The maximum Gasteiger partial charge on any atom is 0.259 e. The molecule has 6 heteroatoms. The Bertz CT molecular complexity index is 1150. The monoisotopic (exact) mass is 399 g/mol. The van der Waals surface area contributed by atoms with E-state index in [2.05, 4.69) is 5.32 Å². The van der Waals surface area contributed by atoms with Crippen LogP contribution in [-0.4, -0.2) is 29.9 Å². The predicted octanol–water partition coefficient (Wildman–Crippen LogP) is 4.81. The summed E-state index contributed by atoms with van der Waals surface area (Å²) in [6.45, 7) is 0. The fraction of sp³-hybridized carbons (Fsp3) is 0.0833. The Morgan fingerprint density at radius 3 is 2.27 bits per heavy atom. The molecule has 3 aromatic carbocycles. The molecule has 0 aliphatic rings. The highest BCUT2D eigenvalue weighted by atomic mass is 16.5. The van der Waals surface area contributed by atoms with Crippen LogP contribution < -0.4 is 14.8 Å². The van der Waals surface area contributed by atoms with Crippen LogP contribution in [-0.2, 0) is 0 Å². The lowest BCUT2D eigenvalue weighted by molar-refractivity contribution is 0.102. The first-order valence-electron chi connectivity index (χ1n) is 9.43. The Hall–Kier alpha value is -4.06. The molecule has 30 heavy (non-hydrogen) atoms. The summed E-state index contributed by atoms with van der Waals surface area (Å²) in [7, 11) is 3.19. The van der Waals surface area contributed by atoms with E-state index in [1.807, 2.05) is 66.7 Å². The summed E-state index contributed by atoms with van der Waals surface area (Å²) in [4.78, 5) is 13.2. The summed E-state index contributed by atoms with van der Waals surface area (Å²) < 4.78 is 12.3. The van der Waals surface area contributed by atoms with Gasteiger partial charge < -0.3 is 14.8 Å². The van der Waals surface area contributed by atoms with Gasteiger partial charge in [0.1, 0.15) is 17.2 Å². The molecule has 0 aliphatic carbocycles.